The zero-order valence-corrected chi connectivity index (χ0v) is 21.8. The quantitative estimate of drug-likeness (QED) is 0.392. The van der Waals surface area contributed by atoms with Crippen LogP contribution in [-0.2, 0) is 13.0 Å². The summed E-state index contributed by atoms with van der Waals surface area (Å²) in [7, 11) is 0. The van der Waals surface area contributed by atoms with Crippen LogP contribution in [0.2, 0.25) is 0 Å². The number of fused-ring (bicyclic) bond motifs is 1. The number of aliphatic hydroxyl groups excluding tert-OH is 1. The molecule has 3 heterocycles. The largest absolute Gasteiger partial charge is 0.392 e. The first-order chi connectivity index (χ1) is 19.4. The van der Waals surface area contributed by atoms with Gasteiger partial charge < -0.3 is 15.7 Å². The summed E-state index contributed by atoms with van der Waals surface area (Å²) in [5.74, 6) is -0.850. The summed E-state index contributed by atoms with van der Waals surface area (Å²) in [5.41, 5.74) is 11.4. The number of hydrogen-bond donors (Lipinski definition) is 2. The summed E-state index contributed by atoms with van der Waals surface area (Å²) in [6.45, 7) is 2.75. The van der Waals surface area contributed by atoms with Gasteiger partial charge in [-0.2, -0.15) is 10.4 Å². The average Bonchev–Trinajstić information content (AvgIpc) is 3.57. The molecule has 200 valence electrons. The van der Waals surface area contributed by atoms with Gasteiger partial charge >= 0.3 is 0 Å². The lowest BCUT2D eigenvalue weighted by atomic mass is 9.98. The first-order valence-electron chi connectivity index (χ1n) is 13.3. The molecule has 1 atom stereocenters. The third kappa shape index (κ3) is 4.64. The Morgan fingerprint density at radius 3 is 2.58 bits per heavy atom. The number of β-amino-alcohol motifs (C(OH)–C–C–N with tert-alkyl or cyclic N) is 1. The first-order valence-corrected chi connectivity index (χ1v) is 13.3. The van der Waals surface area contributed by atoms with E-state index >= 15 is 0 Å². The Bertz CT molecular complexity index is 1650. The summed E-state index contributed by atoms with van der Waals surface area (Å²) in [5, 5.41) is 24.0. The van der Waals surface area contributed by atoms with Crippen LogP contribution in [0.4, 0.5) is 5.69 Å². The Labute approximate surface area is 231 Å². The highest BCUT2D eigenvalue weighted by molar-refractivity contribution is 6.08. The molecular formula is C31H28N6O3. The number of aliphatic hydroxyl groups is 1. The fourth-order valence-corrected chi connectivity index (χ4v) is 5.63. The Morgan fingerprint density at radius 2 is 1.85 bits per heavy atom. The molecule has 2 amide bonds. The fraction of sp³-hybridized carbons (Fsp3) is 0.226. The molecule has 9 nitrogen and oxygen atoms in total. The number of amides is 2. The van der Waals surface area contributed by atoms with Gasteiger partial charge in [0.15, 0.2) is 5.69 Å². The molecule has 3 N–H and O–H groups in total. The maximum Gasteiger partial charge on any atom is 0.277 e. The van der Waals surface area contributed by atoms with Crippen molar-refractivity contribution in [3.63, 3.8) is 0 Å². The van der Waals surface area contributed by atoms with Crippen molar-refractivity contribution in [2.24, 2.45) is 5.73 Å². The molecule has 0 unspecified atom stereocenters. The minimum absolute atomic E-state index is 0.199. The lowest BCUT2D eigenvalue weighted by Gasteiger charge is -2.28. The summed E-state index contributed by atoms with van der Waals surface area (Å²) < 4.78 is 1.44. The van der Waals surface area contributed by atoms with Crippen LogP contribution in [0.15, 0.2) is 72.8 Å². The van der Waals surface area contributed by atoms with Gasteiger partial charge in [-0.3, -0.25) is 14.5 Å². The second-order valence-corrected chi connectivity index (χ2v) is 10.2. The van der Waals surface area contributed by atoms with E-state index in [1.165, 1.54) is 10.2 Å². The van der Waals surface area contributed by atoms with Crippen molar-refractivity contribution in [2.45, 2.75) is 25.5 Å². The van der Waals surface area contributed by atoms with Gasteiger partial charge in [0.25, 0.3) is 5.91 Å². The topological polar surface area (TPSA) is 128 Å². The van der Waals surface area contributed by atoms with E-state index in [4.69, 9.17) is 5.73 Å². The van der Waals surface area contributed by atoms with E-state index in [1.807, 2.05) is 36.4 Å². The number of nitrogens with two attached hydrogens (primary N) is 1. The highest BCUT2D eigenvalue weighted by Gasteiger charge is 2.33. The van der Waals surface area contributed by atoms with Gasteiger partial charge in [-0.25, -0.2) is 4.68 Å². The number of hydrogen-bond acceptors (Lipinski definition) is 6. The van der Waals surface area contributed by atoms with Crippen molar-refractivity contribution in [1.29, 1.82) is 5.26 Å². The number of aromatic nitrogens is 2. The summed E-state index contributed by atoms with van der Waals surface area (Å²) >= 11 is 0. The predicted octanol–water partition coefficient (Wildman–Crippen LogP) is 3.28. The van der Waals surface area contributed by atoms with Crippen molar-refractivity contribution in [3.8, 4) is 22.9 Å². The molecule has 0 spiro atoms. The molecule has 4 aromatic rings. The molecular weight excluding hydrogens is 504 g/mol. The van der Waals surface area contributed by atoms with Gasteiger partial charge in [-0.15, -0.1) is 0 Å². The Hall–Kier alpha value is -4.78. The molecule has 2 aliphatic heterocycles. The van der Waals surface area contributed by atoms with Gasteiger partial charge in [0.1, 0.15) is 11.8 Å². The number of benzene rings is 3. The van der Waals surface area contributed by atoms with Crippen LogP contribution >= 0.6 is 0 Å². The number of nitrogens with zero attached hydrogens (tertiary/aromatic N) is 5. The smallest absolute Gasteiger partial charge is 0.277 e. The van der Waals surface area contributed by atoms with E-state index in [9.17, 15) is 20.0 Å². The summed E-state index contributed by atoms with van der Waals surface area (Å²) in [6.07, 6.45) is 1.01. The van der Waals surface area contributed by atoms with E-state index in [0.29, 0.717) is 36.5 Å². The van der Waals surface area contributed by atoms with Gasteiger partial charge in [0.2, 0.25) is 5.91 Å². The van der Waals surface area contributed by atoms with Gasteiger partial charge in [0, 0.05) is 43.0 Å². The normalized spacial score (nSPS) is 17.1. The molecule has 1 fully saturated rings. The van der Waals surface area contributed by atoms with Crippen LogP contribution in [0.25, 0.3) is 16.8 Å². The monoisotopic (exact) mass is 532 g/mol. The SMILES string of the molecule is N#Cc1nn(-c2cccc(C(N)=O)c2)c2c1CCN(c1ccc(-c3ccccc3CN3CC[C@@H](O)C3)cc1)C2=O. The predicted molar refractivity (Wildman–Crippen MR) is 150 cm³/mol. The number of rotatable bonds is 6. The molecule has 9 heteroatoms. The zero-order valence-electron chi connectivity index (χ0n) is 21.8. The molecule has 6 rings (SSSR count). The Kier molecular flexibility index (Phi) is 6.64. The van der Waals surface area contributed by atoms with Crippen LogP contribution in [0.5, 0.6) is 0 Å². The third-order valence-corrected chi connectivity index (χ3v) is 7.65. The fourth-order valence-electron chi connectivity index (χ4n) is 5.63. The van der Waals surface area contributed by atoms with Crippen LogP contribution in [0.3, 0.4) is 0 Å². The lowest BCUT2D eigenvalue weighted by Crippen LogP contribution is -2.38. The summed E-state index contributed by atoms with van der Waals surface area (Å²) in [6, 6.07) is 24.8. The number of carbonyl (C=O) groups is 2. The van der Waals surface area contributed by atoms with E-state index < -0.39 is 5.91 Å². The molecule has 1 saturated heterocycles. The molecule has 2 aliphatic rings. The maximum absolute atomic E-state index is 13.8. The summed E-state index contributed by atoms with van der Waals surface area (Å²) in [4.78, 5) is 29.5. The van der Waals surface area contributed by atoms with Crippen molar-refractivity contribution in [3.05, 3.63) is 101 Å². The number of carbonyl (C=O) groups excluding carboxylic acids is 2. The van der Waals surface area contributed by atoms with E-state index in [1.54, 1.807) is 29.2 Å². The van der Waals surface area contributed by atoms with Crippen LogP contribution < -0.4 is 10.6 Å². The van der Waals surface area contributed by atoms with E-state index in [0.717, 1.165) is 36.3 Å². The minimum atomic E-state index is -0.587. The van der Waals surface area contributed by atoms with Crippen molar-refractivity contribution < 1.29 is 14.7 Å². The van der Waals surface area contributed by atoms with Crippen molar-refractivity contribution in [1.82, 2.24) is 14.7 Å². The molecule has 40 heavy (non-hydrogen) atoms. The maximum atomic E-state index is 13.8. The van der Waals surface area contributed by atoms with Crippen LogP contribution in [-0.4, -0.2) is 57.3 Å². The zero-order chi connectivity index (χ0) is 27.8. The standard InChI is InChI=1S/C31H28N6O3/c32-17-28-27-13-15-36(31(40)29(27)37(34-28)24-6-3-5-21(16-24)30(33)39)23-10-8-20(9-11-23)26-7-2-1-4-22(26)18-35-14-12-25(38)19-35/h1-11,16,25,38H,12-15,18-19H2,(H2,33,39)/t25-/m1/s1. The van der Waals surface area contributed by atoms with Crippen molar-refractivity contribution in [2.75, 3.05) is 24.5 Å². The van der Waals surface area contributed by atoms with Gasteiger partial charge in [0.05, 0.1) is 11.8 Å². The number of likely N-dealkylation sites (tertiary alicyclic amines) is 1. The molecule has 0 saturated carbocycles. The van der Waals surface area contributed by atoms with Gasteiger partial charge in [-0.1, -0.05) is 42.5 Å². The Morgan fingerprint density at radius 1 is 1.05 bits per heavy atom. The number of nitriles is 1. The minimum Gasteiger partial charge on any atom is -0.392 e. The van der Waals surface area contributed by atoms with Crippen LogP contribution in [0.1, 0.15) is 44.1 Å². The highest BCUT2D eigenvalue weighted by Crippen LogP contribution is 2.32. The number of primary amides is 1. The molecule has 0 aliphatic carbocycles. The number of anilines is 1. The molecule has 3 aromatic carbocycles. The van der Waals surface area contributed by atoms with E-state index in [-0.39, 0.29) is 23.3 Å². The van der Waals surface area contributed by atoms with E-state index in [2.05, 4.69) is 28.2 Å². The second kappa shape index (κ2) is 10.4. The lowest BCUT2D eigenvalue weighted by molar-refractivity contribution is 0.0971. The first kappa shape index (κ1) is 25.5. The van der Waals surface area contributed by atoms with Crippen LogP contribution in [0, 0.1) is 11.3 Å². The third-order valence-electron chi connectivity index (χ3n) is 7.65. The molecule has 0 bridgehead atoms. The van der Waals surface area contributed by atoms with Crippen molar-refractivity contribution >= 4 is 17.5 Å². The second-order valence-electron chi connectivity index (χ2n) is 10.2. The Balaban J connectivity index is 1.30. The van der Waals surface area contributed by atoms with Gasteiger partial charge in [-0.05, 0) is 59.9 Å². The molecule has 0 radical (unpaired) electrons. The average molecular weight is 533 g/mol. The molecule has 1 aromatic heterocycles. The highest BCUT2D eigenvalue weighted by atomic mass is 16.3.